The predicted molar refractivity (Wildman–Crippen MR) is 154 cm³/mol. The monoisotopic (exact) mass is 497 g/mol. The highest BCUT2D eigenvalue weighted by Crippen LogP contribution is 2.50. The quantitative estimate of drug-likeness (QED) is 0.365. The van der Waals surface area contributed by atoms with E-state index in [-0.39, 0.29) is 5.41 Å². The number of ether oxygens (including phenoxy) is 2. The molecule has 0 N–H and O–H groups in total. The highest BCUT2D eigenvalue weighted by molar-refractivity contribution is 5.84. The number of unbranched alkanes of at least 4 members (excludes halogenated alkanes) is 2. The average molecular weight is 498 g/mol. The zero-order valence-corrected chi connectivity index (χ0v) is 24.0. The SMILES string of the molecule is CCCCCN1CCN(c2cc(OCC)c(N3CCOCC3)cc2C2=CC(C)(C)CC(C)(C)C2)CC1. The largest absolute Gasteiger partial charge is 0.492 e. The van der Waals surface area contributed by atoms with Gasteiger partial charge in [-0.1, -0.05) is 53.5 Å². The van der Waals surface area contributed by atoms with Crippen molar-refractivity contribution >= 4 is 16.9 Å². The third-order valence-corrected chi connectivity index (χ3v) is 8.03. The maximum Gasteiger partial charge on any atom is 0.144 e. The van der Waals surface area contributed by atoms with E-state index >= 15 is 0 Å². The Labute approximate surface area is 220 Å². The first-order valence-corrected chi connectivity index (χ1v) is 14.5. The number of allylic oxidation sites excluding steroid dienone is 2. The molecule has 3 aliphatic rings. The molecular weight excluding hydrogens is 446 g/mol. The third-order valence-electron chi connectivity index (χ3n) is 8.03. The Kier molecular flexibility index (Phi) is 8.93. The number of anilines is 2. The molecule has 2 aliphatic heterocycles. The normalized spacial score (nSPS) is 22.4. The van der Waals surface area contributed by atoms with E-state index in [1.807, 2.05) is 0 Å². The van der Waals surface area contributed by atoms with E-state index in [2.05, 4.69) is 74.5 Å². The number of rotatable bonds is 9. The fraction of sp³-hybridized carbons (Fsp3) is 0.742. The fourth-order valence-electron chi connectivity index (χ4n) is 6.75. The molecule has 36 heavy (non-hydrogen) atoms. The fourth-order valence-corrected chi connectivity index (χ4v) is 6.75. The highest BCUT2D eigenvalue weighted by atomic mass is 16.5. The topological polar surface area (TPSA) is 28.2 Å². The second kappa shape index (κ2) is 11.8. The summed E-state index contributed by atoms with van der Waals surface area (Å²) in [7, 11) is 0. The molecule has 0 spiro atoms. The molecular formula is C31H51N3O2. The Morgan fingerprint density at radius 3 is 2.19 bits per heavy atom. The molecule has 0 saturated carbocycles. The lowest BCUT2D eigenvalue weighted by Crippen LogP contribution is -2.47. The van der Waals surface area contributed by atoms with Gasteiger partial charge in [-0.3, -0.25) is 4.90 Å². The van der Waals surface area contributed by atoms with Crippen LogP contribution in [0.4, 0.5) is 11.4 Å². The van der Waals surface area contributed by atoms with Gasteiger partial charge >= 0.3 is 0 Å². The molecule has 2 fully saturated rings. The summed E-state index contributed by atoms with van der Waals surface area (Å²) in [6, 6.07) is 4.83. The van der Waals surface area contributed by atoms with Crippen molar-refractivity contribution in [3.05, 3.63) is 23.8 Å². The lowest BCUT2D eigenvalue weighted by Gasteiger charge is -2.42. The number of piperazine rings is 1. The second-order valence-corrected chi connectivity index (χ2v) is 12.6. The molecule has 0 amide bonds. The van der Waals surface area contributed by atoms with Gasteiger partial charge in [-0.2, -0.15) is 0 Å². The van der Waals surface area contributed by atoms with Gasteiger partial charge in [0.05, 0.1) is 25.5 Å². The van der Waals surface area contributed by atoms with Crippen molar-refractivity contribution in [2.24, 2.45) is 10.8 Å². The molecule has 1 aromatic carbocycles. The van der Waals surface area contributed by atoms with Gasteiger partial charge in [-0.25, -0.2) is 0 Å². The summed E-state index contributed by atoms with van der Waals surface area (Å²) >= 11 is 0. The number of hydrogen-bond donors (Lipinski definition) is 0. The van der Waals surface area contributed by atoms with Crippen LogP contribution in [0.3, 0.4) is 0 Å². The van der Waals surface area contributed by atoms with E-state index in [0.717, 1.165) is 64.7 Å². The minimum Gasteiger partial charge on any atom is -0.492 e. The molecule has 0 bridgehead atoms. The summed E-state index contributed by atoms with van der Waals surface area (Å²) in [5.74, 6) is 1.03. The zero-order chi connectivity index (χ0) is 25.8. The van der Waals surface area contributed by atoms with Crippen molar-refractivity contribution < 1.29 is 9.47 Å². The van der Waals surface area contributed by atoms with E-state index in [0.29, 0.717) is 12.0 Å². The summed E-state index contributed by atoms with van der Waals surface area (Å²) in [4.78, 5) is 7.75. The molecule has 2 heterocycles. The lowest BCUT2D eigenvalue weighted by atomic mass is 9.65. The maximum absolute atomic E-state index is 6.29. The highest BCUT2D eigenvalue weighted by Gasteiger charge is 2.35. The van der Waals surface area contributed by atoms with E-state index < -0.39 is 0 Å². The Bertz CT molecular complexity index is 893. The smallest absolute Gasteiger partial charge is 0.144 e. The van der Waals surface area contributed by atoms with E-state index in [9.17, 15) is 0 Å². The van der Waals surface area contributed by atoms with Crippen LogP contribution in [-0.4, -0.2) is 70.5 Å². The Hall–Kier alpha value is -1.72. The lowest BCUT2D eigenvalue weighted by molar-refractivity contribution is 0.122. The minimum atomic E-state index is 0.198. The molecule has 5 heteroatoms. The van der Waals surface area contributed by atoms with Crippen LogP contribution < -0.4 is 14.5 Å². The van der Waals surface area contributed by atoms with Crippen molar-refractivity contribution in [2.75, 3.05) is 75.4 Å². The van der Waals surface area contributed by atoms with Crippen LogP contribution in [-0.2, 0) is 4.74 Å². The molecule has 202 valence electrons. The first kappa shape index (κ1) is 27.3. The van der Waals surface area contributed by atoms with Gasteiger partial charge in [0.15, 0.2) is 0 Å². The number of nitrogens with zero attached hydrogens (tertiary/aromatic N) is 3. The average Bonchev–Trinajstić information content (AvgIpc) is 2.83. The Morgan fingerprint density at radius 1 is 0.861 bits per heavy atom. The van der Waals surface area contributed by atoms with E-state index in [1.165, 1.54) is 54.7 Å². The Balaban J connectivity index is 1.71. The summed E-state index contributed by atoms with van der Waals surface area (Å²) in [6.07, 6.45) is 8.87. The molecule has 1 aromatic rings. The number of hydrogen-bond acceptors (Lipinski definition) is 5. The van der Waals surface area contributed by atoms with Crippen LogP contribution in [0.15, 0.2) is 18.2 Å². The van der Waals surface area contributed by atoms with E-state index in [1.54, 1.807) is 0 Å². The van der Waals surface area contributed by atoms with Gasteiger partial charge in [0.25, 0.3) is 0 Å². The molecule has 0 unspecified atom stereocenters. The first-order chi connectivity index (χ1) is 17.2. The first-order valence-electron chi connectivity index (χ1n) is 14.5. The van der Waals surface area contributed by atoms with Crippen LogP contribution in [0.5, 0.6) is 5.75 Å². The van der Waals surface area contributed by atoms with Crippen LogP contribution in [0.2, 0.25) is 0 Å². The number of morpholine rings is 1. The van der Waals surface area contributed by atoms with Crippen molar-refractivity contribution in [3.63, 3.8) is 0 Å². The van der Waals surface area contributed by atoms with Crippen molar-refractivity contribution in [1.82, 2.24) is 4.90 Å². The Morgan fingerprint density at radius 2 is 1.56 bits per heavy atom. The molecule has 4 rings (SSSR count). The van der Waals surface area contributed by atoms with Gasteiger partial charge in [0.1, 0.15) is 5.75 Å². The summed E-state index contributed by atoms with van der Waals surface area (Å²) < 4.78 is 12.0. The second-order valence-electron chi connectivity index (χ2n) is 12.6. The van der Waals surface area contributed by atoms with Gasteiger partial charge in [-0.05, 0) is 55.2 Å². The van der Waals surface area contributed by atoms with Crippen molar-refractivity contribution in [3.8, 4) is 5.75 Å². The minimum absolute atomic E-state index is 0.198. The molecule has 2 saturated heterocycles. The van der Waals surface area contributed by atoms with Gasteiger partial charge in [0.2, 0.25) is 0 Å². The summed E-state index contributed by atoms with van der Waals surface area (Å²) in [5.41, 5.74) is 6.02. The van der Waals surface area contributed by atoms with Crippen LogP contribution >= 0.6 is 0 Å². The van der Waals surface area contributed by atoms with Gasteiger partial charge in [-0.15, -0.1) is 0 Å². The molecule has 0 atom stereocenters. The standard InChI is InChI=1S/C31H51N3O2/c1-7-9-10-11-32-12-14-33(15-13-32)27-21-29(36-8-2)28(34-16-18-35-19-17-34)20-26(27)25-22-30(3,4)24-31(5,6)23-25/h20-22H,7-19,23-24H2,1-6H3. The van der Waals surface area contributed by atoms with Crippen LogP contribution in [0.1, 0.15) is 79.2 Å². The number of benzene rings is 1. The molecule has 1 aliphatic carbocycles. The summed E-state index contributed by atoms with van der Waals surface area (Å²) in [5, 5.41) is 0. The van der Waals surface area contributed by atoms with Crippen molar-refractivity contribution in [2.45, 2.75) is 73.6 Å². The molecule has 5 nitrogen and oxygen atoms in total. The third kappa shape index (κ3) is 6.77. The molecule has 0 radical (unpaired) electrons. The summed E-state index contributed by atoms with van der Waals surface area (Å²) in [6.45, 7) is 23.9. The van der Waals surface area contributed by atoms with Crippen LogP contribution in [0.25, 0.3) is 5.57 Å². The predicted octanol–water partition coefficient (Wildman–Crippen LogP) is 6.46. The van der Waals surface area contributed by atoms with Crippen LogP contribution in [0, 0.1) is 10.8 Å². The van der Waals surface area contributed by atoms with Crippen molar-refractivity contribution in [1.29, 1.82) is 0 Å². The van der Waals surface area contributed by atoms with Gasteiger partial charge in [0, 0.05) is 56.6 Å². The van der Waals surface area contributed by atoms with E-state index in [4.69, 9.17) is 9.47 Å². The zero-order valence-electron chi connectivity index (χ0n) is 24.0. The van der Waals surface area contributed by atoms with Gasteiger partial charge < -0.3 is 19.3 Å². The maximum atomic E-state index is 6.29. The molecule has 0 aromatic heterocycles.